The summed E-state index contributed by atoms with van der Waals surface area (Å²) in [6.45, 7) is 2.51. The number of rotatable bonds is 2. The second-order valence-corrected chi connectivity index (χ2v) is 2.34. The molecular formula is C6H7BrN2O. The summed E-state index contributed by atoms with van der Waals surface area (Å²) in [6, 6.07) is 0. The van der Waals surface area contributed by atoms with Crippen molar-refractivity contribution in [3.05, 3.63) is 17.0 Å². The summed E-state index contributed by atoms with van der Waals surface area (Å²) in [5, 5.41) is 0. The third kappa shape index (κ3) is 1.67. The molecule has 10 heavy (non-hydrogen) atoms. The van der Waals surface area contributed by atoms with Crippen LogP contribution in [-0.4, -0.2) is 16.6 Å². The second kappa shape index (κ2) is 3.51. The molecule has 0 atom stereocenters. The van der Waals surface area contributed by atoms with Crippen molar-refractivity contribution in [2.75, 3.05) is 6.61 Å². The van der Waals surface area contributed by atoms with Gasteiger partial charge in [-0.2, -0.15) is 0 Å². The Kier molecular flexibility index (Phi) is 2.62. The van der Waals surface area contributed by atoms with Crippen molar-refractivity contribution in [1.82, 2.24) is 9.97 Å². The van der Waals surface area contributed by atoms with Crippen LogP contribution in [0.1, 0.15) is 6.92 Å². The van der Waals surface area contributed by atoms with E-state index in [4.69, 9.17) is 4.74 Å². The van der Waals surface area contributed by atoms with Crippen molar-refractivity contribution in [2.24, 2.45) is 0 Å². The van der Waals surface area contributed by atoms with Crippen LogP contribution < -0.4 is 4.74 Å². The molecule has 0 radical (unpaired) electrons. The van der Waals surface area contributed by atoms with E-state index in [0.29, 0.717) is 17.1 Å². The highest BCUT2D eigenvalue weighted by molar-refractivity contribution is 9.10. The SMILES string of the molecule is CCOc1nccnc1Br. The van der Waals surface area contributed by atoms with Crippen LogP contribution in [0.3, 0.4) is 0 Å². The molecule has 1 aromatic rings. The first kappa shape index (κ1) is 7.47. The van der Waals surface area contributed by atoms with Crippen LogP contribution in [0.2, 0.25) is 0 Å². The normalized spacial score (nSPS) is 9.40. The van der Waals surface area contributed by atoms with Gasteiger partial charge in [0.15, 0.2) is 4.60 Å². The third-order valence-corrected chi connectivity index (χ3v) is 1.45. The number of hydrogen-bond donors (Lipinski definition) is 0. The lowest BCUT2D eigenvalue weighted by molar-refractivity contribution is 0.322. The molecule has 1 rings (SSSR count). The second-order valence-electron chi connectivity index (χ2n) is 1.59. The highest BCUT2D eigenvalue weighted by Gasteiger charge is 1.98. The lowest BCUT2D eigenvalue weighted by Gasteiger charge is -2.00. The van der Waals surface area contributed by atoms with E-state index in [1.54, 1.807) is 12.4 Å². The van der Waals surface area contributed by atoms with Crippen LogP contribution in [0.4, 0.5) is 0 Å². The van der Waals surface area contributed by atoms with Crippen LogP contribution in [0.15, 0.2) is 17.0 Å². The minimum atomic E-state index is 0.546. The molecule has 1 aromatic heterocycles. The summed E-state index contributed by atoms with van der Waals surface area (Å²) in [5.41, 5.74) is 0. The number of nitrogens with zero attached hydrogens (tertiary/aromatic N) is 2. The van der Waals surface area contributed by atoms with Gasteiger partial charge in [-0.3, -0.25) is 0 Å². The van der Waals surface area contributed by atoms with E-state index >= 15 is 0 Å². The summed E-state index contributed by atoms with van der Waals surface area (Å²) in [5.74, 6) is 0.546. The largest absolute Gasteiger partial charge is 0.476 e. The Hall–Kier alpha value is -0.640. The Balaban J connectivity index is 2.81. The fourth-order valence-electron chi connectivity index (χ4n) is 0.542. The van der Waals surface area contributed by atoms with Crippen molar-refractivity contribution in [3.63, 3.8) is 0 Å². The van der Waals surface area contributed by atoms with Crippen LogP contribution in [0.25, 0.3) is 0 Å². The average molecular weight is 203 g/mol. The summed E-state index contributed by atoms with van der Waals surface area (Å²) in [4.78, 5) is 7.86. The highest BCUT2D eigenvalue weighted by Crippen LogP contribution is 2.16. The van der Waals surface area contributed by atoms with E-state index in [-0.39, 0.29) is 0 Å². The number of hydrogen-bond acceptors (Lipinski definition) is 3. The van der Waals surface area contributed by atoms with E-state index in [9.17, 15) is 0 Å². The van der Waals surface area contributed by atoms with Gasteiger partial charge in [-0.15, -0.1) is 0 Å². The molecular weight excluding hydrogens is 196 g/mol. The lowest BCUT2D eigenvalue weighted by Crippen LogP contribution is -1.95. The summed E-state index contributed by atoms with van der Waals surface area (Å²) in [6.07, 6.45) is 3.20. The maximum absolute atomic E-state index is 5.12. The molecule has 3 nitrogen and oxygen atoms in total. The van der Waals surface area contributed by atoms with Gasteiger partial charge in [0.25, 0.3) is 0 Å². The van der Waals surface area contributed by atoms with E-state index in [2.05, 4.69) is 25.9 Å². The zero-order valence-electron chi connectivity index (χ0n) is 5.54. The Morgan fingerprint density at radius 2 is 2.20 bits per heavy atom. The van der Waals surface area contributed by atoms with Crippen molar-refractivity contribution >= 4 is 15.9 Å². The number of ether oxygens (including phenoxy) is 1. The van der Waals surface area contributed by atoms with E-state index in [1.807, 2.05) is 6.92 Å². The topological polar surface area (TPSA) is 35.0 Å². The Morgan fingerprint density at radius 1 is 1.50 bits per heavy atom. The summed E-state index contributed by atoms with van der Waals surface area (Å²) in [7, 11) is 0. The van der Waals surface area contributed by atoms with Gasteiger partial charge in [-0.05, 0) is 22.9 Å². The van der Waals surface area contributed by atoms with Crippen LogP contribution in [0.5, 0.6) is 5.88 Å². The molecule has 0 saturated carbocycles. The zero-order chi connectivity index (χ0) is 7.40. The predicted molar refractivity (Wildman–Crippen MR) is 40.9 cm³/mol. The van der Waals surface area contributed by atoms with Gasteiger partial charge in [0.2, 0.25) is 5.88 Å². The van der Waals surface area contributed by atoms with Gasteiger partial charge < -0.3 is 4.74 Å². The Bertz CT molecular complexity index is 217. The van der Waals surface area contributed by atoms with Gasteiger partial charge in [0.05, 0.1) is 6.61 Å². The Morgan fingerprint density at radius 3 is 2.80 bits per heavy atom. The lowest BCUT2D eigenvalue weighted by atomic mass is 10.7. The molecule has 0 aliphatic carbocycles. The number of halogens is 1. The molecule has 0 spiro atoms. The van der Waals surface area contributed by atoms with Gasteiger partial charge in [-0.1, -0.05) is 0 Å². The predicted octanol–water partition coefficient (Wildman–Crippen LogP) is 1.64. The van der Waals surface area contributed by atoms with E-state index in [0.717, 1.165) is 0 Å². The van der Waals surface area contributed by atoms with Crippen molar-refractivity contribution in [1.29, 1.82) is 0 Å². The molecule has 0 unspecified atom stereocenters. The van der Waals surface area contributed by atoms with Gasteiger partial charge in [-0.25, -0.2) is 9.97 Å². The van der Waals surface area contributed by atoms with Gasteiger partial charge in [0.1, 0.15) is 0 Å². The van der Waals surface area contributed by atoms with Crippen molar-refractivity contribution in [2.45, 2.75) is 6.92 Å². The molecule has 0 saturated heterocycles. The Labute approximate surface area is 67.6 Å². The van der Waals surface area contributed by atoms with Crippen molar-refractivity contribution < 1.29 is 4.74 Å². The first-order chi connectivity index (χ1) is 4.84. The molecule has 4 heteroatoms. The quantitative estimate of drug-likeness (QED) is 0.732. The molecule has 0 fully saturated rings. The first-order valence-electron chi connectivity index (χ1n) is 2.94. The van der Waals surface area contributed by atoms with Crippen LogP contribution in [-0.2, 0) is 0 Å². The maximum Gasteiger partial charge on any atom is 0.247 e. The van der Waals surface area contributed by atoms with Crippen LogP contribution in [0, 0.1) is 0 Å². The summed E-state index contributed by atoms with van der Waals surface area (Å²) >= 11 is 3.20. The molecule has 0 aliphatic rings. The zero-order valence-corrected chi connectivity index (χ0v) is 7.13. The summed E-state index contributed by atoms with van der Waals surface area (Å²) < 4.78 is 5.77. The fourth-order valence-corrected chi connectivity index (χ4v) is 0.877. The van der Waals surface area contributed by atoms with E-state index < -0.39 is 0 Å². The van der Waals surface area contributed by atoms with Crippen molar-refractivity contribution in [3.8, 4) is 5.88 Å². The minimum Gasteiger partial charge on any atom is -0.476 e. The minimum absolute atomic E-state index is 0.546. The number of aromatic nitrogens is 2. The monoisotopic (exact) mass is 202 g/mol. The molecule has 0 N–H and O–H groups in total. The van der Waals surface area contributed by atoms with E-state index in [1.165, 1.54) is 0 Å². The molecule has 0 aliphatic heterocycles. The third-order valence-electron chi connectivity index (χ3n) is 0.904. The molecule has 1 heterocycles. The van der Waals surface area contributed by atoms with Gasteiger partial charge >= 0.3 is 0 Å². The molecule has 0 aromatic carbocycles. The highest BCUT2D eigenvalue weighted by atomic mass is 79.9. The van der Waals surface area contributed by atoms with Crippen LogP contribution >= 0.6 is 15.9 Å². The fraction of sp³-hybridized carbons (Fsp3) is 0.333. The standard InChI is InChI=1S/C6H7BrN2O/c1-2-10-6-5(7)8-3-4-9-6/h3-4H,2H2,1H3. The average Bonchev–Trinajstić information content (AvgIpc) is 1.94. The molecule has 0 amide bonds. The molecule has 0 bridgehead atoms. The van der Waals surface area contributed by atoms with Gasteiger partial charge in [0, 0.05) is 12.4 Å². The first-order valence-corrected chi connectivity index (χ1v) is 3.73. The smallest absolute Gasteiger partial charge is 0.247 e. The molecule has 54 valence electrons. The maximum atomic E-state index is 5.12.